The number of fused-ring (bicyclic) bond motifs is 5. The maximum Gasteiger partial charge on any atom is 3.00 e. The van der Waals surface area contributed by atoms with Crippen LogP contribution in [0.4, 0.5) is 0 Å². The topological polar surface area (TPSA) is 4.93 Å². The van der Waals surface area contributed by atoms with Crippen molar-refractivity contribution in [3.63, 3.8) is 0 Å². The van der Waals surface area contributed by atoms with Gasteiger partial charge in [0.2, 0.25) is 0 Å². The summed E-state index contributed by atoms with van der Waals surface area (Å²) >= 11 is 0. The molecule has 0 saturated heterocycles. The summed E-state index contributed by atoms with van der Waals surface area (Å²) in [6.07, 6.45) is 0.989. The van der Waals surface area contributed by atoms with Gasteiger partial charge in [-0.25, -0.2) is 0 Å². The van der Waals surface area contributed by atoms with Crippen LogP contribution in [0.3, 0.4) is 0 Å². The van der Waals surface area contributed by atoms with E-state index >= 15 is 0 Å². The molecule has 4 heteroatoms. The van der Waals surface area contributed by atoms with E-state index in [1.807, 2.05) is 6.07 Å². The summed E-state index contributed by atoms with van der Waals surface area (Å²) in [7, 11) is 0. The van der Waals surface area contributed by atoms with Crippen molar-refractivity contribution in [2.45, 2.75) is 6.42 Å². The van der Waals surface area contributed by atoms with Crippen LogP contribution in [-0.2, 0) is 39.1 Å². The third-order valence-corrected chi connectivity index (χ3v) is 4.54. The van der Waals surface area contributed by atoms with E-state index in [2.05, 4.69) is 77.4 Å². The van der Waals surface area contributed by atoms with Crippen molar-refractivity contribution in [2.24, 2.45) is 0 Å². The van der Waals surface area contributed by atoms with E-state index in [1.165, 1.54) is 39.0 Å². The van der Waals surface area contributed by atoms with Gasteiger partial charge >= 0.3 is 32.7 Å². The van der Waals surface area contributed by atoms with Gasteiger partial charge in [0.15, 0.2) is 0 Å². The number of halogens is 2. The molecule has 0 unspecified atom stereocenters. The molecule has 25 heavy (non-hydrogen) atoms. The summed E-state index contributed by atoms with van der Waals surface area (Å²) in [5.74, 6) is 0. The molecule has 120 valence electrons. The number of hydrogen-bond acceptors (Lipinski definition) is 0. The van der Waals surface area contributed by atoms with Crippen LogP contribution in [-0.4, -0.2) is 4.57 Å². The molecule has 1 heterocycles. The molecule has 1 nitrogen and oxygen atoms in total. The van der Waals surface area contributed by atoms with Crippen LogP contribution >= 0.6 is 0 Å². The maximum atomic E-state index is 3.46. The van der Waals surface area contributed by atoms with E-state index in [0.29, 0.717) is 0 Å². The van der Waals surface area contributed by atoms with Crippen LogP contribution in [0.15, 0.2) is 72.8 Å². The van der Waals surface area contributed by atoms with Crippen LogP contribution in [0, 0.1) is 6.07 Å². The zero-order valence-electron chi connectivity index (χ0n) is 13.4. The van der Waals surface area contributed by atoms with E-state index in [9.17, 15) is 0 Å². The molecule has 0 saturated carbocycles. The largest absolute Gasteiger partial charge is 3.00 e. The van der Waals surface area contributed by atoms with Crippen molar-refractivity contribution in [1.82, 2.24) is 4.57 Å². The molecule has 1 aliphatic carbocycles. The molecule has 3 aromatic carbocycles. The van der Waals surface area contributed by atoms with Gasteiger partial charge in [-0.15, -0.1) is 29.7 Å². The van der Waals surface area contributed by atoms with Crippen molar-refractivity contribution < 1.29 is 57.5 Å². The van der Waals surface area contributed by atoms with Crippen LogP contribution in [0.2, 0.25) is 0 Å². The Hall–Kier alpha value is -1.12. The third kappa shape index (κ3) is 3.08. The molecule has 0 amide bonds. The predicted octanol–water partition coefficient (Wildman–Crippen LogP) is -0.993. The molecule has 0 radical (unpaired) electrons. The molecule has 0 aliphatic heterocycles. The van der Waals surface area contributed by atoms with E-state index in [-0.39, 0.29) is 57.5 Å². The standard InChI is InChI=1S/C21H14N.2ClH.Y/c1-2-9-16(10-3-1)22-19-13-7-6-12-18(19)21-17-11-5-4-8-15(17)14-20(21)22;;;/h1-11,13H,14H2;2*1H;/q-1;;;+3/p-2. The molecule has 0 bridgehead atoms. The Labute approximate surface area is 185 Å². The molecule has 4 aromatic rings. The maximum absolute atomic E-state index is 3.46. The van der Waals surface area contributed by atoms with Crippen LogP contribution in [0.5, 0.6) is 0 Å². The summed E-state index contributed by atoms with van der Waals surface area (Å²) < 4.78 is 2.39. The minimum absolute atomic E-state index is 0. The minimum Gasteiger partial charge on any atom is -1.00 e. The third-order valence-electron chi connectivity index (χ3n) is 4.54. The second-order valence-corrected chi connectivity index (χ2v) is 5.76. The Morgan fingerprint density at radius 1 is 0.800 bits per heavy atom. The molecule has 0 atom stereocenters. The molecular weight excluding hydrogens is 426 g/mol. The molecule has 1 aliphatic rings. The fourth-order valence-electron chi connectivity index (χ4n) is 3.64. The van der Waals surface area contributed by atoms with E-state index in [4.69, 9.17) is 0 Å². The number of benzene rings is 3. The quantitative estimate of drug-likeness (QED) is 0.295. The summed E-state index contributed by atoms with van der Waals surface area (Å²) in [4.78, 5) is 0. The SMILES string of the molecule is [Cl-].[Cl-].[Y+3].[c-]1cccc2c1c1c(n2-c2ccccc2)Cc2ccccc2-1. The Bertz CT molecular complexity index is 994. The van der Waals surface area contributed by atoms with Crippen molar-refractivity contribution in [3.8, 4) is 16.8 Å². The number of hydrogen-bond donors (Lipinski definition) is 0. The Morgan fingerprint density at radius 2 is 1.52 bits per heavy atom. The first-order chi connectivity index (χ1) is 10.9. The number of aromatic nitrogens is 1. The minimum atomic E-state index is 0. The number of para-hydroxylation sites is 1. The Kier molecular flexibility index (Phi) is 6.51. The van der Waals surface area contributed by atoms with E-state index < -0.39 is 0 Å². The van der Waals surface area contributed by atoms with Crippen molar-refractivity contribution in [3.05, 3.63) is 90.1 Å². The van der Waals surface area contributed by atoms with Gasteiger partial charge in [-0.1, -0.05) is 53.6 Å². The van der Waals surface area contributed by atoms with Crippen molar-refractivity contribution >= 4 is 10.9 Å². The van der Waals surface area contributed by atoms with Gasteiger partial charge in [0.25, 0.3) is 0 Å². The zero-order valence-corrected chi connectivity index (χ0v) is 17.8. The first-order valence-corrected chi connectivity index (χ1v) is 7.61. The second kappa shape index (κ2) is 8.06. The molecular formula is C21H14Cl2NY. The first-order valence-electron chi connectivity index (χ1n) is 7.61. The van der Waals surface area contributed by atoms with Gasteiger partial charge in [0.05, 0.1) is 0 Å². The Morgan fingerprint density at radius 3 is 2.32 bits per heavy atom. The molecule has 0 N–H and O–H groups in total. The average Bonchev–Trinajstić information content (AvgIpc) is 3.10. The smallest absolute Gasteiger partial charge is 1.00 e. The predicted molar refractivity (Wildman–Crippen MR) is 90.4 cm³/mol. The second-order valence-electron chi connectivity index (χ2n) is 5.76. The summed E-state index contributed by atoms with van der Waals surface area (Å²) in [5, 5.41) is 1.23. The van der Waals surface area contributed by atoms with Crippen molar-refractivity contribution in [1.29, 1.82) is 0 Å². The summed E-state index contributed by atoms with van der Waals surface area (Å²) in [6.45, 7) is 0. The molecule has 5 rings (SSSR count). The van der Waals surface area contributed by atoms with Crippen LogP contribution in [0.1, 0.15) is 11.3 Å². The summed E-state index contributed by atoms with van der Waals surface area (Å²) in [5.41, 5.74) is 7.98. The van der Waals surface area contributed by atoms with Gasteiger partial charge in [0.1, 0.15) is 0 Å². The fourth-order valence-corrected chi connectivity index (χ4v) is 3.64. The van der Waals surface area contributed by atoms with Gasteiger partial charge in [0, 0.05) is 12.1 Å². The molecule has 0 fully saturated rings. The number of nitrogens with zero attached hydrogens (tertiary/aromatic N) is 1. The van der Waals surface area contributed by atoms with Crippen LogP contribution in [0.25, 0.3) is 27.7 Å². The van der Waals surface area contributed by atoms with Gasteiger partial charge < -0.3 is 29.4 Å². The number of rotatable bonds is 1. The van der Waals surface area contributed by atoms with E-state index in [0.717, 1.165) is 6.42 Å². The van der Waals surface area contributed by atoms with E-state index in [1.54, 1.807) is 0 Å². The van der Waals surface area contributed by atoms with Gasteiger partial charge in [-0.2, -0.15) is 0 Å². The monoisotopic (exact) mass is 439 g/mol. The average molecular weight is 440 g/mol. The van der Waals surface area contributed by atoms with Crippen molar-refractivity contribution in [2.75, 3.05) is 0 Å². The fraction of sp³-hybridized carbons (Fsp3) is 0.0476. The molecule has 1 aromatic heterocycles. The zero-order chi connectivity index (χ0) is 14.5. The Balaban J connectivity index is 0.000000751. The summed E-state index contributed by atoms with van der Waals surface area (Å²) in [6, 6.07) is 29.1. The first kappa shape index (κ1) is 20.2. The molecule has 0 spiro atoms. The van der Waals surface area contributed by atoms with Crippen LogP contribution < -0.4 is 24.8 Å². The van der Waals surface area contributed by atoms with Gasteiger partial charge in [-0.3, -0.25) is 0 Å². The van der Waals surface area contributed by atoms with Gasteiger partial charge in [-0.05, 0) is 28.9 Å². The normalized spacial score (nSPS) is 10.9.